The number of nitrogens with one attached hydrogen (secondary N) is 2. The number of amides is 1. The zero-order chi connectivity index (χ0) is 14.5. The Hall–Kier alpha value is -1.29. The summed E-state index contributed by atoms with van der Waals surface area (Å²) in [6.07, 6.45) is 7.84. The Morgan fingerprint density at radius 3 is 2.70 bits per heavy atom. The summed E-state index contributed by atoms with van der Waals surface area (Å²) < 4.78 is 0. The van der Waals surface area contributed by atoms with Crippen LogP contribution in [0.3, 0.4) is 0 Å². The van der Waals surface area contributed by atoms with Gasteiger partial charge in [-0.2, -0.15) is 0 Å². The molecule has 0 aromatic carbocycles. The van der Waals surface area contributed by atoms with Gasteiger partial charge in [0.1, 0.15) is 5.82 Å². The van der Waals surface area contributed by atoms with E-state index in [0.29, 0.717) is 22.3 Å². The quantitative estimate of drug-likeness (QED) is 0.894. The Balaban J connectivity index is 1.98. The lowest BCUT2D eigenvalue weighted by molar-refractivity contribution is 0.0919. The largest absolute Gasteiger partial charge is 0.372 e. The molecule has 0 aliphatic heterocycles. The maximum Gasteiger partial charge on any atom is 0.253 e. The molecule has 0 saturated heterocycles. The average Bonchev–Trinajstić information content (AvgIpc) is 2.48. The number of carbonyl (C=O) groups excluding carboxylic acids is 1. The van der Waals surface area contributed by atoms with Crippen LogP contribution >= 0.6 is 11.6 Å². The van der Waals surface area contributed by atoms with Crippen molar-refractivity contribution in [1.29, 1.82) is 0 Å². The molecule has 1 aromatic heterocycles. The molecule has 0 spiro atoms. The van der Waals surface area contributed by atoms with Gasteiger partial charge in [0.25, 0.3) is 5.91 Å². The number of hydrogen-bond acceptors (Lipinski definition) is 3. The van der Waals surface area contributed by atoms with Gasteiger partial charge in [-0.15, -0.1) is 0 Å². The summed E-state index contributed by atoms with van der Waals surface area (Å²) in [7, 11) is 1.75. The first kappa shape index (κ1) is 15.1. The molecule has 0 bridgehead atoms. The van der Waals surface area contributed by atoms with Gasteiger partial charge in [-0.1, -0.05) is 30.9 Å². The first-order valence-electron chi connectivity index (χ1n) is 7.26. The van der Waals surface area contributed by atoms with Crippen LogP contribution in [0.2, 0.25) is 5.02 Å². The summed E-state index contributed by atoms with van der Waals surface area (Å²) in [6.45, 7) is 2.09. The van der Waals surface area contributed by atoms with E-state index < -0.39 is 0 Å². The van der Waals surface area contributed by atoms with Gasteiger partial charge in [0.05, 0.1) is 10.6 Å². The zero-order valence-electron chi connectivity index (χ0n) is 12.1. The Bertz CT molecular complexity index is 472. The SMILES string of the molecule is CNc1ncc(C(=O)NC(C)C2CCCCC2)cc1Cl. The van der Waals surface area contributed by atoms with Crippen LogP contribution in [0.1, 0.15) is 49.4 Å². The Morgan fingerprint density at radius 2 is 2.10 bits per heavy atom. The van der Waals surface area contributed by atoms with E-state index in [1.807, 2.05) is 0 Å². The summed E-state index contributed by atoms with van der Waals surface area (Å²) in [5.74, 6) is 1.08. The van der Waals surface area contributed by atoms with Gasteiger partial charge < -0.3 is 10.6 Å². The maximum absolute atomic E-state index is 12.2. The second-order valence-corrected chi connectivity index (χ2v) is 5.87. The van der Waals surface area contributed by atoms with Gasteiger partial charge in [0.2, 0.25) is 0 Å². The maximum atomic E-state index is 12.2. The fourth-order valence-electron chi connectivity index (χ4n) is 2.79. The number of carbonyl (C=O) groups is 1. The molecule has 2 N–H and O–H groups in total. The number of halogens is 1. The smallest absolute Gasteiger partial charge is 0.253 e. The Kier molecular flexibility index (Phi) is 5.24. The standard InChI is InChI=1S/C15H22ClN3O/c1-10(11-6-4-3-5-7-11)19-15(20)12-8-13(16)14(17-2)18-9-12/h8-11H,3-7H2,1-2H3,(H,17,18)(H,19,20). The molecule has 1 heterocycles. The van der Waals surface area contributed by atoms with Crippen molar-refractivity contribution in [1.82, 2.24) is 10.3 Å². The van der Waals surface area contributed by atoms with E-state index in [1.54, 1.807) is 19.3 Å². The molecule has 1 aromatic rings. The van der Waals surface area contributed by atoms with Crippen LogP contribution in [0.15, 0.2) is 12.3 Å². The number of rotatable bonds is 4. The van der Waals surface area contributed by atoms with Crippen molar-refractivity contribution < 1.29 is 4.79 Å². The topological polar surface area (TPSA) is 54.0 Å². The minimum Gasteiger partial charge on any atom is -0.372 e. The Morgan fingerprint density at radius 1 is 1.40 bits per heavy atom. The average molecular weight is 296 g/mol. The van der Waals surface area contributed by atoms with Crippen LogP contribution in [0.5, 0.6) is 0 Å². The van der Waals surface area contributed by atoms with Crippen molar-refractivity contribution >= 4 is 23.3 Å². The predicted molar refractivity (Wildman–Crippen MR) is 82.3 cm³/mol. The highest BCUT2D eigenvalue weighted by atomic mass is 35.5. The van der Waals surface area contributed by atoms with Crippen molar-refractivity contribution in [3.8, 4) is 0 Å². The third-order valence-electron chi connectivity index (χ3n) is 4.06. The summed E-state index contributed by atoms with van der Waals surface area (Å²) in [4.78, 5) is 16.4. The van der Waals surface area contributed by atoms with Crippen LogP contribution in [-0.4, -0.2) is 24.0 Å². The molecule has 1 unspecified atom stereocenters. The fraction of sp³-hybridized carbons (Fsp3) is 0.600. The molecule has 20 heavy (non-hydrogen) atoms. The van der Waals surface area contributed by atoms with Crippen LogP contribution in [0.25, 0.3) is 0 Å². The Labute approximate surface area is 125 Å². The number of hydrogen-bond donors (Lipinski definition) is 2. The minimum absolute atomic E-state index is 0.0971. The molecule has 1 aliphatic carbocycles. The second kappa shape index (κ2) is 6.93. The van der Waals surface area contributed by atoms with Crippen molar-refractivity contribution in [2.75, 3.05) is 12.4 Å². The number of anilines is 1. The molecule has 1 fully saturated rings. The number of nitrogens with zero attached hydrogens (tertiary/aromatic N) is 1. The molecular weight excluding hydrogens is 274 g/mol. The van der Waals surface area contributed by atoms with E-state index in [9.17, 15) is 4.79 Å². The van der Waals surface area contributed by atoms with E-state index in [4.69, 9.17) is 11.6 Å². The highest BCUT2D eigenvalue weighted by Gasteiger charge is 2.22. The lowest BCUT2D eigenvalue weighted by Crippen LogP contribution is -2.38. The van der Waals surface area contributed by atoms with Crippen molar-refractivity contribution in [2.45, 2.75) is 45.1 Å². The van der Waals surface area contributed by atoms with E-state index in [-0.39, 0.29) is 11.9 Å². The van der Waals surface area contributed by atoms with Crippen LogP contribution in [0, 0.1) is 5.92 Å². The molecule has 0 radical (unpaired) electrons. The van der Waals surface area contributed by atoms with Crippen LogP contribution in [-0.2, 0) is 0 Å². The zero-order valence-corrected chi connectivity index (χ0v) is 12.8. The predicted octanol–water partition coefficient (Wildman–Crippen LogP) is 3.48. The summed E-state index contributed by atoms with van der Waals surface area (Å²) in [6, 6.07) is 1.86. The van der Waals surface area contributed by atoms with Crippen LogP contribution < -0.4 is 10.6 Å². The molecule has 1 amide bonds. The van der Waals surface area contributed by atoms with Crippen LogP contribution in [0.4, 0.5) is 5.82 Å². The van der Waals surface area contributed by atoms with Crippen molar-refractivity contribution in [3.05, 3.63) is 22.8 Å². The minimum atomic E-state index is -0.0971. The summed E-state index contributed by atoms with van der Waals surface area (Å²) in [5.41, 5.74) is 0.511. The van der Waals surface area contributed by atoms with E-state index in [0.717, 1.165) is 0 Å². The molecule has 1 saturated carbocycles. The van der Waals surface area contributed by atoms with Gasteiger partial charge in [-0.05, 0) is 31.7 Å². The van der Waals surface area contributed by atoms with Crippen molar-refractivity contribution in [2.24, 2.45) is 5.92 Å². The second-order valence-electron chi connectivity index (χ2n) is 5.46. The molecule has 5 heteroatoms. The van der Waals surface area contributed by atoms with Crippen molar-refractivity contribution in [3.63, 3.8) is 0 Å². The monoisotopic (exact) mass is 295 g/mol. The molecular formula is C15H22ClN3O. The molecule has 4 nitrogen and oxygen atoms in total. The van der Waals surface area contributed by atoms with Gasteiger partial charge in [-0.3, -0.25) is 4.79 Å². The molecule has 1 atom stereocenters. The van der Waals surface area contributed by atoms with Gasteiger partial charge >= 0.3 is 0 Å². The van der Waals surface area contributed by atoms with E-state index in [2.05, 4.69) is 22.5 Å². The first-order chi connectivity index (χ1) is 9.61. The molecule has 110 valence electrons. The number of pyridine rings is 1. The highest BCUT2D eigenvalue weighted by Crippen LogP contribution is 2.26. The van der Waals surface area contributed by atoms with Gasteiger partial charge in [0.15, 0.2) is 0 Å². The third-order valence-corrected chi connectivity index (χ3v) is 4.34. The third kappa shape index (κ3) is 3.63. The summed E-state index contributed by atoms with van der Waals surface area (Å²) in [5, 5.41) is 6.42. The fourth-order valence-corrected chi connectivity index (χ4v) is 3.05. The summed E-state index contributed by atoms with van der Waals surface area (Å²) >= 11 is 6.05. The molecule has 2 rings (SSSR count). The normalized spacial score (nSPS) is 17.6. The lowest BCUT2D eigenvalue weighted by atomic mass is 9.84. The van der Waals surface area contributed by atoms with Gasteiger partial charge in [0, 0.05) is 19.3 Å². The first-order valence-corrected chi connectivity index (χ1v) is 7.63. The lowest BCUT2D eigenvalue weighted by Gasteiger charge is -2.28. The molecule has 1 aliphatic rings. The number of aromatic nitrogens is 1. The van der Waals surface area contributed by atoms with Gasteiger partial charge in [-0.25, -0.2) is 4.98 Å². The van der Waals surface area contributed by atoms with E-state index in [1.165, 1.54) is 32.1 Å². The highest BCUT2D eigenvalue weighted by molar-refractivity contribution is 6.33. The van der Waals surface area contributed by atoms with E-state index >= 15 is 0 Å².